The number of thioether (sulfide) groups is 1. The van der Waals surface area contributed by atoms with Crippen LogP contribution >= 0.6 is 11.8 Å². The van der Waals surface area contributed by atoms with E-state index in [0.29, 0.717) is 13.1 Å². The van der Waals surface area contributed by atoms with Crippen molar-refractivity contribution in [3.63, 3.8) is 0 Å². The molecule has 1 heterocycles. The summed E-state index contributed by atoms with van der Waals surface area (Å²) in [6, 6.07) is 11.0. The summed E-state index contributed by atoms with van der Waals surface area (Å²) in [6.07, 6.45) is -0.169. The fourth-order valence-electron chi connectivity index (χ4n) is 2.95. The standard InChI is InChI=1S/C20H19F2NO3S/c1-13(20(25)23-9-8-14-4-2-3-5-15(14)11-23)26-19(24)12-27-18-10-16(21)6-7-17(18)22/h2-7,10,13H,8-9,11-12H2,1H3/t13-/m1/s1. The fraction of sp³-hybridized carbons (Fsp3) is 0.300. The summed E-state index contributed by atoms with van der Waals surface area (Å²) in [6.45, 7) is 2.58. The molecule has 0 radical (unpaired) electrons. The van der Waals surface area contributed by atoms with Gasteiger partial charge in [-0.2, -0.15) is 0 Å². The molecule has 2 aromatic rings. The molecule has 0 saturated heterocycles. The molecule has 0 bridgehead atoms. The van der Waals surface area contributed by atoms with E-state index in [2.05, 4.69) is 0 Å². The van der Waals surface area contributed by atoms with Gasteiger partial charge >= 0.3 is 5.97 Å². The Morgan fingerprint density at radius 3 is 2.70 bits per heavy atom. The zero-order chi connectivity index (χ0) is 19.4. The molecule has 7 heteroatoms. The summed E-state index contributed by atoms with van der Waals surface area (Å²) in [5.41, 5.74) is 2.31. The van der Waals surface area contributed by atoms with Crippen LogP contribution in [0.2, 0.25) is 0 Å². The Bertz CT molecular complexity index is 859. The average molecular weight is 391 g/mol. The number of carbonyl (C=O) groups is 2. The first-order valence-corrected chi connectivity index (χ1v) is 9.55. The first-order valence-electron chi connectivity index (χ1n) is 8.57. The van der Waals surface area contributed by atoms with Gasteiger partial charge in [-0.05, 0) is 42.7 Å². The van der Waals surface area contributed by atoms with Crippen molar-refractivity contribution < 1.29 is 23.1 Å². The van der Waals surface area contributed by atoms with Crippen LogP contribution in [0.25, 0.3) is 0 Å². The first kappa shape index (κ1) is 19.4. The molecule has 1 amide bonds. The Balaban J connectivity index is 1.52. The minimum atomic E-state index is -0.930. The molecule has 1 aliphatic heterocycles. The number of carbonyl (C=O) groups excluding carboxylic acids is 2. The highest BCUT2D eigenvalue weighted by molar-refractivity contribution is 8.00. The molecule has 4 nitrogen and oxygen atoms in total. The first-order chi connectivity index (χ1) is 12.9. The monoisotopic (exact) mass is 391 g/mol. The third kappa shape index (κ3) is 4.86. The molecule has 27 heavy (non-hydrogen) atoms. The van der Waals surface area contributed by atoms with Gasteiger partial charge in [0.15, 0.2) is 6.10 Å². The van der Waals surface area contributed by atoms with Gasteiger partial charge in [0.25, 0.3) is 5.91 Å². The molecular weight excluding hydrogens is 372 g/mol. The molecule has 1 atom stereocenters. The number of hydrogen-bond donors (Lipinski definition) is 0. The highest BCUT2D eigenvalue weighted by Gasteiger charge is 2.27. The number of amides is 1. The van der Waals surface area contributed by atoms with Crippen LogP contribution in [0.5, 0.6) is 0 Å². The van der Waals surface area contributed by atoms with Crippen molar-refractivity contribution in [1.82, 2.24) is 4.90 Å². The van der Waals surface area contributed by atoms with Crippen LogP contribution in [0, 0.1) is 11.6 Å². The lowest BCUT2D eigenvalue weighted by molar-refractivity contribution is -0.157. The molecular formula is C20H19F2NO3S. The zero-order valence-electron chi connectivity index (χ0n) is 14.8. The van der Waals surface area contributed by atoms with Gasteiger partial charge in [-0.25, -0.2) is 8.78 Å². The Morgan fingerprint density at radius 2 is 1.93 bits per heavy atom. The molecule has 0 aromatic heterocycles. The second-order valence-electron chi connectivity index (χ2n) is 6.27. The maximum Gasteiger partial charge on any atom is 0.317 e. The molecule has 1 aliphatic rings. The number of halogens is 2. The number of esters is 1. The van der Waals surface area contributed by atoms with E-state index in [1.807, 2.05) is 24.3 Å². The molecule has 0 spiro atoms. The minimum Gasteiger partial charge on any atom is -0.452 e. The van der Waals surface area contributed by atoms with Gasteiger partial charge in [0.1, 0.15) is 11.6 Å². The van der Waals surface area contributed by atoms with Crippen molar-refractivity contribution in [2.75, 3.05) is 12.3 Å². The summed E-state index contributed by atoms with van der Waals surface area (Å²) in [7, 11) is 0. The Kier molecular flexibility index (Phi) is 6.11. The zero-order valence-corrected chi connectivity index (χ0v) is 15.6. The fourth-order valence-corrected chi connectivity index (χ4v) is 3.69. The third-order valence-electron chi connectivity index (χ3n) is 4.34. The quantitative estimate of drug-likeness (QED) is 0.578. The SMILES string of the molecule is C[C@@H](OC(=O)CSc1cc(F)ccc1F)C(=O)N1CCc2ccccc2C1. The van der Waals surface area contributed by atoms with Gasteiger partial charge in [0.2, 0.25) is 0 Å². The van der Waals surface area contributed by atoms with Crippen LogP contribution in [0.15, 0.2) is 47.4 Å². The third-order valence-corrected chi connectivity index (χ3v) is 5.34. The van der Waals surface area contributed by atoms with E-state index in [0.717, 1.165) is 41.9 Å². The van der Waals surface area contributed by atoms with Crippen LogP contribution < -0.4 is 0 Å². The number of rotatable bonds is 5. The molecule has 0 fully saturated rings. The average Bonchev–Trinajstić information content (AvgIpc) is 2.67. The summed E-state index contributed by atoms with van der Waals surface area (Å²) in [5.74, 6) is -2.31. The van der Waals surface area contributed by atoms with E-state index in [9.17, 15) is 18.4 Å². The molecule has 0 aliphatic carbocycles. The second kappa shape index (κ2) is 8.52. The van der Waals surface area contributed by atoms with Crippen LogP contribution in [0.1, 0.15) is 18.1 Å². The molecule has 0 saturated carbocycles. The Hall–Kier alpha value is -2.41. The second-order valence-corrected chi connectivity index (χ2v) is 7.29. The van der Waals surface area contributed by atoms with Crippen molar-refractivity contribution in [2.45, 2.75) is 30.9 Å². The van der Waals surface area contributed by atoms with Crippen LogP contribution in [-0.4, -0.2) is 35.2 Å². The van der Waals surface area contributed by atoms with Gasteiger partial charge in [-0.1, -0.05) is 24.3 Å². The molecule has 3 rings (SSSR count). The van der Waals surface area contributed by atoms with E-state index < -0.39 is 23.7 Å². The van der Waals surface area contributed by atoms with Gasteiger partial charge in [-0.3, -0.25) is 9.59 Å². The number of nitrogens with zero attached hydrogens (tertiary/aromatic N) is 1. The number of fused-ring (bicyclic) bond motifs is 1. The Morgan fingerprint density at radius 1 is 1.19 bits per heavy atom. The summed E-state index contributed by atoms with van der Waals surface area (Å²) >= 11 is 0.835. The van der Waals surface area contributed by atoms with Crippen molar-refractivity contribution in [2.24, 2.45) is 0 Å². The maximum atomic E-state index is 13.6. The molecule has 0 N–H and O–H groups in total. The normalized spacial score (nSPS) is 14.4. The minimum absolute atomic E-state index is 0.0265. The van der Waals surface area contributed by atoms with Crippen molar-refractivity contribution in [3.05, 3.63) is 65.2 Å². The van der Waals surface area contributed by atoms with Crippen molar-refractivity contribution in [3.8, 4) is 0 Å². The smallest absolute Gasteiger partial charge is 0.317 e. The van der Waals surface area contributed by atoms with Crippen molar-refractivity contribution >= 4 is 23.6 Å². The predicted molar refractivity (Wildman–Crippen MR) is 98.2 cm³/mol. The summed E-state index contributed by atoms with van der Waals surface area (Å²) < 4.78 is 31.9. The molecule has 142 valence electrons. The van der Waals surface area contributed by atoms with E-state index in [1.54, 1.807) is 4.90 Å². The van der Waals surface area contributed by atoms with Crippen LogP contribution in [0.4, 0.5) is 8.78 Å². The van der Waals surface area contributed by atoms with Crippen molar-refractivity contribution in [1.29, 1.82) is 0 Å². The lowest BCUT2D eigenvalue weighted by atomic mass is 9.99. The number of benzene rings is 2. The van der Waals surface area contributed by atoms with E-state index in [-0.39, 0.29) is 16.6 Å². The lowest BCUT2D eigenvalue weighted by Gasteiger charge is -2.30. The summed E-state index contributed by atoms with van der Waals surface area (Å²) in [5, 5.41) is 0. The molecule has 2 aromatic carbocycles. The number of ether oxygens (including phenoxy) is 1. The van der Waals surface area contributed by atoms with Crippen LogP contribution in [-0.2, 0) is 27.3 Å². The van der Waals surface area contributed by atoms with E-state index in [4.69, 9.17) is 4.74 Å². The predicted octanol–water partition coefficient (Wildman–Crippen LogP) is 3.57. The largest absolute Gasteiger partial charge is 0.452 e. The highest BCUT2D eigenvalue weighted by atomic mass is 32.2. The Labute approximate surface area is 160 Å². The van der Waals surface area contributed by atoms with Gasteiger partial charge in [0.05, 0.1) is 5.75 Å². The van der Waals surface area contributed by atoms with E-state index in [1.165, 1.54) is 12.5 Å². The number of hydrogen-bond acceptors (Lipinski definition) is 4. The van der Waals surface area contributed by atoms with E-state index >= 15 is 0 Å². The maximum absolute atomic E-state index is 13.6. The van der Waals surface area contributed by atoms with Crippen LogP contribution in [0.3, 0.4) is 0 Å². The summed E-state index contributed by atoms with van der Waals surface area (Å²) in [4.78, 5) is 26.2. The highest BCUT2D eigenvalue weighted by Crippen LogP contribution is 2.23. The topological polar surface area (TPSA) is 46.6 Å². The molecule has 0 unspecified atom stereocenters. The van der Waals surface area contributed by atoms with Gasteiger partial charge in [0, 0.05) is 18.0 Å². The lowest BCUT2D eigenvalue weighted by Crippen LogP contribution is -2.42. The van der Waals surface area contributed by atoms with Gasteiger partial charge < -0.3 is 9.64 Å². The van der Waals surface area contributed by atoms with Gasteiger partial charge in [-0.15, -0.1) is 11.8 Å².